The van der Waals surface area contributed by atoms with Gasteiger partial charge in [0.1, 0.15) is 5.82 Å². The minimum atomic E-state index is -0.263. The normalized spacial score (nSPS) is 17.4. The van der Waals surface area contributed by atoms with Crippen LogP contribution in [0.5, 0.6) is 0 Å². The van der Waals surface area contributed by atoms with Crippen molar-refractivity contribution >= 4 is 0 Å². The zero-order chi connectivity index (χ0) is 15.4. The van der Waals surface area contributed by atoms with E-state index in [1.807, 2.05) is 12.1 Å². The molecule has 2 aromatic rings. The van der Waals surface area contributed by atoms with Gasteiger partial charge in [0.25, 0.3) is 0 Å². The average Bonchev–Trinajstić information content (AvgIpc) is 3.07. The van der Waals surface area contributed by atoms with E-state index in [9.17, 15) is 4.39 Å². The van der Waals surface area contributed by atoms with Crippen molar-refractivity contribution in [3.63, 3.8) is 0 Å². The molecule has 0 amide bonds. The van der Waals surface area contributed by atoms with Crippen LogP contribution in [0.15, 0.2) is 42.5 Å². The van der Waals surface area contributed by atoms with Gasteiger partial charge in [-0.1, -0.05) is 18.2 Å². The van der Waals surface area contributed by atoms with Crippen LogP contribution < -0.4 is 5.32 Å². The summed E-state index contributed by atoms with van der Waals surface area (Å²) in [6.07, 6.45) is 1.18. The minimum Gasteiger partial charge on any atom is -0.372 e. The Morgan fingerprint density at radius 3 is 2.73 bits per heavy atom. The van der Waals surface area contributed by atoms with Crippen molar-refractivity contribution in [3.05, 3.63) is 59.4 Å². The second kappa shape index (κ2) is 6.69. The highest BCUT2D eigenvalue weighted by Crippen LogP contribution is 2.26. The van der Waals surface area contributed by atoms with Crippen LogP contribution in [-0.4, -0.2) is 19.2 Å². The molecule has 1 unspecified atom stereocenters. The Hall–Kier alpha value is -2.22. The molecule has 112 valence electrons. The Bertz CT molecular complexity index is 685. The standard InChI is InChI=1S/C18H17FN2O/c19-16-5-6-18(14-3-1-13(10-20)2-4-14)15(9-16)12-22-17-7-8-21-11-17/h1-6,9,17,21H,7-8,11-12H2. The summed E-state index contributed by atoms with van der Waals surface area (Å²) >= 11 is 0. The number of nitrogens with zero attached hydrogens (tertiary/aromatic N) is 1. The summed E-state index contributed by atoms with van der Waals surface area (Å²) in [4.78, 5) is 0. The molecule has 0 aliphatic carbocycles. The lowest BCUT2D eigenvalue weighted by atomic mass is 9.99. The smallest absolute Gasteiger partial charge is 0.123 e. The van der Waals surface area contributed by atoms with Crippen LogP contribution >= 0.6 is 0 Å². The van der Waals surface area contributed by atoms with E-state index < -0.39 is 0 Å². The summed E-state index contributed by atoms with van der Waals surface area (Å²) in [6.45, 7) is 2.21. The van der Waals surface area contributed by atoms with E-state index in [2.05, 4.69) is 11.4 Å². The third-order valence-corrected chi connectivity index (χ3v) is 3.88. The Balaban J connectivity index is 1.84. The first-order valence-corrected chi connectivity index (χ1v) is 7.37. The number of halogens is 1. The fraction of sp³-hybridized carbons (Fsp3) is 0.278. The lowest BCUT2D eigenvalue weighted by Crippen LogP contribution is -2.16. The fourth-order valence-corrected chi connectivity index (χ4v) is 2.67. The second-order valence-corrected chi connectivity index (χ2v) is 5.42. The molecule has 0 bridgehead atoms. The molecule has 2 aromatic carbocycles. The summed E-state index contributed by atoms with van der Waals surface area (Å²) < 4.78 is 19.4. The van der Waals surface area contributed by atoms with Crippen molar-refractivity contribution in [1.29, 1.82) is 5.26 Å². The molecule has 0 radical (unpaired) electrons. The summed E-state index contributed by atoms with van der Waals surface area (Å²) in [5.41, 5.74) is 3.34. The Labute approximate surface area is 129 Å². The Morgan fingerprint density at radius 2 is 2.05 bits per heavy atom. The highest BCUT2D eigenvalue weighted by atomic mass is 19.1. The van der Waals surface area contributed by atoms with Crippen molar-refractivity contribution < 1.29 is 9.13 Å². The quantitative estimate of drug-likeness (QED) is 0.942. The number of hydrogen-bond donors (Lipinski definition) is 1. The van der Waals surface area contributed by atoms with Gasteiger partial charge < -0.3 is 10.1 Å². The number of nitrogens with one attached hydrogen (secondary N) is 1. The number of nitriles is 1. The first-order chi connectivity index (χ1) is 10.8. The van der Waals surface area contributed by atoms with Crippen molar-refractivity contribution in [2.75, 3.05) is 13.1 Å². The molecule has 1 aliphatic heterocycles. The van der Waals surface area contributed by atoms with Crippen molar-refractivity contribution in [3.8, 4) is 17.2 Å². The van der Waals surface area contributed by atoms with Gasteiger partial charge in [-0.25, -0.2) is 4.39 Å². The van der Waals surface area contributed by atoms with Gasteiger partial charge in [-0.15, -0.1) is 0 Å². The van der Waals surface area contributed by atoms with Gasteiger partial charge >= 0.3 is 0 Å². The van der Waals surface area contributed by atoms with Gasteiger partial charge in [-0.3, -0.25) is 0 Å². The zero-order valence-corrected chi connectivity index (χ0v) is 12.2. The summed E-state index contributed by atoms with van der Waals surface area (Å²) in [5, 5.41) is 12.1. The molecule has 1 aliphatic rings. The predicted octanol–water partition coefficient (Wildman–Crippen LogP) is 3.24. The van der Waals surface area contributed by atoms with Crippen molar-refractivity contribution in [2.45, 2.75) is 19.1 Å². The zero-order valence-electron chi connectivity index (χ0n) is 12.2. The van der Waals surface area contributed by atoms with Crippen LogP contribution in [0.3, 0.4) is 0 Å². The third kappa shape index (κ3) is 3.33. The number of hydrogen-bond acceptors (Lipinski definition) is 3. The molecule has 0 saturated carbocycles. The van der Waals surface area contributed by atoms with Crippen LogP contribution in [0.2, 0.25) is 0 Å². The Kier molecular flexibility index (Phi) is 4.47. The SMILES string of the molecule is N#Cc1ccc(-c2ccc(F)cc2COC2CCNC2)cc1. The maximum absolute atomic E-state index is 13.6. The highest BCUT2D eigenvalue weighted by molar-refractivity contribution is 5.68. The van der Waals surface area contributed by atoms with Gasteiger partial charge in [0, 0.05) is 6.54 Å². The first-order valence-electron chi connectivity index (χ1n) is 7.37. The topological polar surface area (TPSA) is 45.0 Å². The molecule has 1 atom stereocenters. The van der Waals surface area contributed by atoms with E-state index in [1.54, 1.807) is 18.2 Å². The van der Waals surface area contributed by atoms with E-state index in [1.165, 1.54) is 12.1 Å². The molecule has 22 heavy (non-hydrogen) atoms. The highest BCUT2D eigenvalue weighted by Gasteiger charge is 2.16. The second-order valence-electron chi connectivity index (χ2n) is 5.42. The molecule has 3 rings (SSSR count). The lowest BCUT2D eigenvalue weighted by molar-refractivity contribution is 0.0543. The van der Waals surface area contributed by atoms with E-state index >= 15 is 0 Å². The van der Waals surface area contributed by atoms with E-state index in [-0.39, 0.29) is 11.9 Å². The van der Waals surface area contributed by atoms with Crippen LogP contribution in [0, 0.1) is 17.1 Å². The molecule has 1 fully saturated rings. The molecule has 0 spiro atoms. The third-order valence-electron chi connectivity index (χ3n) is 3.88. The summed E-state index contributed by atoms with van der Waals surface area (Å²) in [6, 6.07) is 14.1. The van der Waals surface area contributed by atoms with Crippen LogP contribution in [0.25, 0.3) is 11.1 Å². The van der Waals surface area contributed by atoms with Crippen LogP contribution in [-0.2, 0) is 11.3 Å². The van der Waals surface area contributed by atoms with Crippen LogP contribution in [0.1, 0.15) is 17.5 Å². The lowest BCUT2D eigenvalue weighted by Gasteiger charge is -2.14. The molecule has 1 heterocycles. The summed E-state index contributed by atoms with van der Waals surface area (Å²) in [7, 11) is 0. The maximum Gasteiger partial charge on any atom is 0.123 e. The molecule has 1 saturated heterocycles. The van der Waals surface area contributed by atoms with Gasteiger partial charge in [0.05, 0.1) is 24.3 Å². The average molecular weight is 296 g/mol. The van der Waals surface area contributed by atoms with Crippen molar-refractivity contribution in [2.24, 2.45) is 0 Å². The number of benzene rings is 2. The predicted molar refractivity (Wildman–Crippen MR) is 82.6 cm³/mol. The van der Waals surface area contributed by atoms with E-state index in [0.29, 0.717) is 12.2 Å². The minimum absolute atomic E-state index is 0.192. The molecule has 0 aromatic heterocycles. The van der Waals surface area contributed by atoms with Gasteiger partial charge in [-0.2, -0.15) is 5.26 Å². The van der Waals surface area contributed by atoms with Crippen LogP contribution in [0.4, 0.5) is 4.39 Å². The monoisotopic (exact) mass is 296 g/mol. The van der Waals surface area contributed by atoms with Gasteiger partial charge in [0.15, 0.2) is 0 Å². The molecular formula is C18H17FN2O. The molecular weight excluding hydrogens is 279 g/mol. The largest absolute Gasteiger partial charge is 0.372 e. The molecule has 3 nitrogen and oxygen atoms in total. The first kappa shape index (κ1) is 14.7. The fourth-order valence-electron chi connectivity index (χ4n) is 2.67. The Morgan fingerprint density at radius 1 is 1.23 bits per heavy atom. The number of rotatable bonds is 4. The molecule has 4 heteroatoms. The molecule has 1 N–H and O–H groups in total. The summed E-state index contributed by atoms with van der Waals surface area (Å²) in [5.74, 6) is -0.263. The van der Waals surface area contributed by atoms with Gasteiger partial charge in [0.2, 0.25) is 0 Å². The van der Waals surface area contributed by atoms with E-state index in [4.69, 9.17) is 10.00 Å². The van der Waals surface area contributed by atoms with Crippen molar-refractivity contribution in [1.82, 2.24) is 5.32 Å². The maximum atomic E-state index is 13.6. The van der Waals surface area contributed by atoms with E-state index in [0.717, 1.165) is 36.2 Å². The number of ether oxygens (including phenoxy) is 1. The van der Waals surface area contributed by atoms with Gasteiger partial charge in [-0.05, 0) is 53.9 Å².